The van der Waals surface area contributed by atoms with Crippen LogP contribution in [0.3, 0.4) is 0 Å². The van der Waals surface area contributed by atoms with Gasteiger partial charge in [-0.3, -0.25) is 9.59 Å². The molecule has 1 aromatic heterocycles. The van der Waals surface area contributed by atoms with Gasteiger partial charge in [0.05, 0.1) is 11.0 Å². The second-order valence-electron chi connectivity index (χ2n) is 8.04. The molecule has 0 unspecified atom stereocenters. The SMILES string of the molecule is Cc1ccccc1C(=O)NCCc1nc2ccccc2n1CC(=O)Nc1ccc2c(c1)OCO2. The van der Waals surface area contributed by atoms with Crippen molar-refractivity contribution in [3.05, 3.63) is 83.7 Å². The normalized spacial score (nSPS) is 12.0. The summed E-state index contributed by atoms with van der Waals surface area (Å²) in [6.45, 7) is 2.58. The monoisotopic (exact) mass is 456 g/mol. The summed E-state index contributed by atoms with van der Waals surface area (Å²) in [5.41, 5.74) is 3.87. The van der Waals surface area contributed by atoms with Crippen molar-refractivity contribution in [3.8, 4) is 11.5 Å². The van der Waals surface area contributed by atoms with Crippen molar-refractivity contribution in [3.63, 3.8) is 0 Å². The fourth-order valence-corrected chi connectivity index (χ4v) is 4.02. The van der Waals surface area contributed by atoms with Crippen LogP contribution in [0, 0.1) is 6.92 Å². The van der Waals surface area contributed by atoms with Gasteiger partial charge in [-0.1, -0.05) is 30.3 Å². The van der Waals surface area contributed by atoms with Gasteiger partial charge in [0.25, 0.3) is 5.91 Å². The number of ether oxygens (including phenoxy) is 2. The van der Waals surface area contributed by atoms with Gasteiger partial charge >= 0.3 is 0 Å². The van der Waals surface area contributed by atoms with Gasteiger partial charge in [-0.05, 0) is 42.8 Å². The second kappa shape index (κ2) is 9.27. The molecule has 5 rings (SSSR count). The fraction of sp³-hybridized carbons (Fsp3) is 0.192. The first-order chi connectivity index (χ1) is 16.6. The Kier molecular flexibility index (Phi) is 5.86. The maximum atomic E-state index is 12.9. The molecule has 0 fully saturated rings. The summed E-state index contributed by atoms with van der Waals surface area (Å²) in [6, 6.07) is 20.4. The first-order valence-corrected chi connectivity index (χ1v) is 11.1. The van der Waals surface area contributed by atoms with E-state index in [2.05, 4.69) is 10.6 Å². The van der Waals surface area contributed by atoms with Crippen LogP contribution in [0.4, 0.5) is 5.69 Å². The van der Waals surface area contributed by atoms with E-state index in [1.54, 1.807) is 24.3 Å². The topological polar surface area (TPSA) is 94.5 Å². The number of para-hydroxylation sites is 2. The van der Waals surface area contributed by atoms with Crippen molar-refractivity contribution in [1.82, 2.24) is 14.9 Å². The Bertz CT molecular complexity index is 1380. The maximum Gasteiger partial charge on any atom is 0.251 e. The predicted octanol–water partition coefficient (Wildman–Crippen LogP) is 3.68. The number of fused-ring (bicyclic) bond motifs is 2. The molecule has 8 heteroatoms. The summed E-state index contributed by atoms with van der Waals surface area (Å²) in [7, 11) is 0. The minimum absolute atomic E-state index is 0.0933. The Morgan fingerprint density at radius 1 is 1.00 bits per heavy atom. The summed E-state index contributed by atoms with van der Waals surface area (Å²) >= 11 is 0. The predicted molar refractivity (Wildman–Crippen MR) is 128 cm³/mol. The highest BCUT2D eigenvalue weighted by Gasteiger charge is 2.17. The van der Waals surface area contributed by atoms with Crippen molar-refractivity contribution < 1.29 is 19.1 Å². The number of imidazole rings is 1. The molecule has 0 saturated heterocycles. The average molecular weight is 457 g/mol. The quantitative estimate of drug-likeness (QED) is 0.442. The van der Waals surface area contributed by atoms with E-state index >= 15 is 0 Å². The van der Waals surface area contributed by atoms with Gasteiger partial charge in [-0.2, -0.15) is 0 Å². The first-order valence-electron chi connectivity index (χ1n) is 11.1. The van der Waals surface area contributed by atoms with Crippen LogP contribution in [-0.2, 0) is 17.8 Å². The standard InChI is InChI=1S/C26H24N4O4/c1-17-6-2-3-7-19(17)26(32)27-13-12-24-29-20-8-4-5-9-21(20)30(24)15-25(31)28-18-10-11-22-23(14-18)34-16-33-22/h2-11,14H,12-13,15-16H2,1H3,(H,27,32)(H,28,31). The number of hydrogen-bond donors (Lipinski definition) is 2. The summed E-state index contributed by atoms with van der Waals surface area (Å²) in [5.74, 6) is 1.69. The third-order valence-corrected chi connectivity index (χ3v) is 5.72. The van der Waals surface area contributed by atoms with Gasteiger partial charge in [0.15, 0.2) is 11.5 Å². The Hall–Kier alpha value is -4.33. The molecule has 2 N–H and O–H groups in total. The minimum atomic E-state index is -0.188. The lowest BCUT2D eigenvalue weighted by Crippen LogP contribution is -2.27. The maximum absolute atomic E-state index is 12.9. The molecule has 0 atom stereocenters. The van der Waals surface area contributed by atoms with Crippen LogP contribution in [0.5, 0.6) is 11.5 Å². The number of carbonyl (C=O) groups excluding carboxylic acids is 2. The zero-order valence-electron chi connectivity index (χ0n) is 18.7. The van der Waals surface area contributed by atoms with E-state index in [0.717, 1.165) is 22.4 Å². The molecule has 1 aliphatic heterocycles. The molecule has 4 aromatic rings. The van der Waals surface area contributed by atoms with Gasteiger partial charge in [0.2, 0.25) is 12.7 Å². The van der Waals surface area contributed by atoms with Crippen LogP contribution in [0.1, 0.15) is 21.7 Å². The number of amides is 2. The highest BCUT2D eigenvalue weighted by Crippen LogP contribution is 2.34. The molecule has 3 aromatic carbocycles. The summed E-state index contributed by atoms with van der Waals surface area (Å²) < 4.78 is 12.6. The molecule has 172 valence electrons. The largest absolute Gasteiger partial charge is 0.454 e. The van der Waals surface area contributed by atoms with E-state index in [-0.39, 0.29) is 25.2 Å². The zero-order chi connectivity index (χ0) is 23.5. The van der Waals surface area contributed by atoms with Crippen LogP contribution in [-0.4, -0.2) is 34.7 Å². The number of nitrogens with zero attached hydrogens (tertiary/aromatic N) is 2. The van der Waals surface area contributed by atoms with Gasteiger partial charge < -0.3 is 24.7 Å². The van der Waals surface area contributed by atoms with E-state index in [4.69, 9.17) is 14.5 Å². The van der Waals surface area contributed by atoms with Crippen LogP contribution in [0.25, 0.3) is 11.0 Å². The molecular weight excluding hydrogens is 432 g/mol. The smallest absolute Gasteiger partial charge is 0.251 e. The van der Waals surface area contributed by atoms with Crippen molar-refractivity contribution in [2.75, 3.05) is 18.7 Å². The van der Waals surface area contributed by atoms with E-state index < -0.39 is 0 Å². The van der Waals surface area contributed by atoms with Gasteiger partial charge in [-0.25, -0.2) is 4.98 Å². The van der Waals surface area contributed by atoms with Crippen molar-refractivity contribution in [2.24, 2.45) is 0 Å². The Morgan fingerprint density at radius 2 is 1.79 bits per heavy atom. The lowest BCUT2D eigenvalue weighted by Gasteiger charge is -2.11. The number of carbonyl (C=O) groups is 2. The number of aryl methyl sites for hydroxylation is 1. The number of hydrogen-bond acceptors (Lipinski definition) is 5. The molecular formula is C26H24N4O4. The number of benzene rings is 3. The van der Waals surface area contributed by atoms with Gasteiger partial charge in [-0.15, -0.1) is 0 Å². The molecule has 2 amide bonds. The van der Waals surface area contributed by atoms with Crippen molar-refractivity contribution in [2.45, 2.75) is 19.9 Å². The first kappa shape index (κ1) is 21.5. The van der Waals surface area contributed by atoms with E-state index in [0.29, 0.717) is 35.7 Å². The van der Waals surface area contributed by atoms with E-state index in [1.165, 1.54) is 0 Å². The summed E-state index contributed by atoms with van der Waals surface area (Å²) in [6.07, 6.45) is 0.490. The zero-order valence-corrected chi connectivity index (χ0v) is 18.7. The molecule has 0 aliphatic carbocycles. The molecule has 0 bridgehead atoms. The molecule has 2 heterocycles. The van der Waals surface area contributed by atoms with Gasteiger partial charge in [0, 0.05) is 30.3 Å². The summed E-state index contributed by atoms with van der Waals surface area (Å²) in [4.78, 5) is 30.1. The van der Waals surface area contributed by atoms with E-state index in [1.807, 2.05) is 54.0 Å². The van der Waals surface area contributed by atoms with Crippen LogP contribution >= 0.6 is 0 Å². The molecule has 0 spiro atoms. The number of aromatic nitrogens is 2. The Labute approximate surface area is 196 Å². The van der Waals surface area contributed by atoms with Crippen LogP contribution in [0.2, 0.25) is 0 Å². The van der Waals surface area contributed by atoms with Crippen LogP contribution < -0.4 is 20.1 Å². The van der Waals surface area contributed by atoms with Gasteiger partial charge in [0.1, 0.15) is 12.4 Å². The highest BCUT2D eigenvalue weighted by molar-refractivity contribution is 5.95. The van der Waals surface area contributed by atoms with Crippen molar-refractivity contribution in [1.29, 1.82) is 0 Å². The minimum Gasteiger partial charge on any atom is -0.454 e. The Balaban J connectivity index is 1.29. The lowest BCUT2D eigenvalue weighted by molar-refractivity contribution is -0.116. The Morgan fingerprint density at radius 3 is 2.68 bits per heavy atom. The van der Waals surface area contributed by atoms with E-state index in [9.17, 15) is 9.59 Å². The number of anilines is 1. The molecule has 34 heavy (non-hydrogen) atoms. The molecule has 8 nitrogen and oxygen atoms in total. The molecule has 1 aliphatic rings. The van der Waals surface area contributed by atoms with Crippen LogP contribution in [0.15, 0.2) is 66.7 Å². The molecule has 0 saturated carbocycles. The number of nitrogens with one attached hydrogen (secondary N) is 2. The highest BCUT2D eigenvalue weighted by atomic mass is 16.7. The third kappa shape index (κ3) is 4.43. The van der Waals surface area contributed by atoms with Crippen molar-refractivity contribution >= 4 is 28.5 Å². The fourth-order valence-electron chi connectivity index (χ4n) is 4.02. The lowest BCUT2D eigenvalue weighted by atomic mass is 10.1. The second-order valence-corrected chi connectivity index (χ2v) is 8.04. The molecule has 0 radical (unpaired) electrons. The number of rotatable bonds is 7. The average Bonchev–Trinajstić information content (AvgIpc) is 3.44. The third-order valence-electron chi connectivity index (χ3n) is 5.72. The summed E-state index contributed by atoms with van der Waals surface area (Å²) in [5, 5.41) is 5.87.